The van der Waals surface area contributed by atoms with Crippen LogP contribution in [-0.4, -0.2) is 86.5 Å². The summed E-state index contributed by atoms with van der Waals surface area (Å²) in [6.07, 6.45) is -0.564. The highest BCUT2D eigenvalue weighted by molar-refractivity contribution is 5.82. The average Bonchev–Trinajstić information content (AvgIpc) is 2.81. The summed E-state index contributed by atoms with van der Waals surface area (Å²) >= 11 is 0. The summed E-state index contributed by atoms with van der Waals surface area (Å²) in [6.45, 7) is 11.8. The zero-order valence-electron chi connectivity index (χ0n) is 20.3. The van der Waals surface area contributed by atoms with Gasteiger partial charge in [0.2, 0.25) is 5.90 Å². The van der Waals surface area contributed by atoms with Crippen LogP contribution in [0.2, 0.25) is 0 Å². The molecule has 1 fully saturated rings. The van der Waals surface area contributed by atoms with Crippen LogP contribution in [0, 0.1) is 13.8 Å². The number of aliphatic hydroxyl groups is 1. The minimum atomic E-state index is -0.564. The van der Waals surface area contributed by atoms with Crippen LogP contribution in [0.5, 0.6) is 11.5 Å². The number of aryl methyl sites for hydroxylation is 2. The number of piperazine rings is 1. The van der Waals surface area contributed by atoms with Gasteiger partial charge in [-0.15, -0.1) is 0 Å². The number of methoxy groups -OCH3 is 1. The first kappa shape index (κ1) is 25.0. The molecule has 0 radical (unpaired) electrons. The average molecular weight is 456 g/mol. The molecule has 0 saturated carbocycles. The van der Waals surface area contributed by atoms with Gasteiger partial charge in [0.15, 0.2) is 11.5 Å². The number of aliphatic hydroxyl groups excluding tert-OH is 1. The summed E-state index contributed by atoms with van der Waals surface area (Å²) in [4.78, 5) is 9.48. The molecule has 1 saturated heterocycles. The molecule has 0 amide bonds. The Kier molecular flexibility index (Phi) is 9.54. The van der Waals surface area contributed by atoms with Crippen molar-refractivity contribution in [1.82, 2.24) is 9.80 Å². The highest BCUT2D eigenvalue weighted by Gasteiger charge is 2.21. The van der Waals surface area contributed by atoms with E-state index in [0.717, 1.165) is 48.9 Å². The molecule has 0 aliphatic carbocycles. The lowest BCUT2D eigenvalue weighted by molar-refractivity contribution is 0.0472. The standard InChI is InChI=1S/C26H37N3O4/c1-5-32-25(27-26-20(2)9-8-10-21(26)3)18-29-15-13-28(14-16-29)17-22(30)19-33-24-12-7-6-11-23(24)31-4/h6-12,22,30H,5,13-19H2,1-4H3. The molecular formula is C26H37N3O4. The maximum Gasteiger partial charge on any atom is 0.203 e. The van der Waals surface area contributed by atoms with Crippen LogP contribution >= 0.6 is 0 Å². The second-order valence-corrected chi connectivity index (χ2v) is 8.37. The van der Waals surface area contributed by atoms with Crippen molar-refractivity contribution >= 4 is 11.6 Å². The van der Waals surface area contributed by atoms with E-state index in [-0.39, 0.29) is 6.61 Å². The van der Waals surface area contributed by atoms with Crippen molar-refractivity contribution in [3.8, 4) is 11.5 Å². The van der Waals surface area contributed by atoms with Gasteiger partial charge in [0.25, 0.3) is 0 Å². The molecule has 1 N–H and O–H groups in total. The van der Waals surface area contributed by atoms with Gasteiger partial charge in [0.1, 0.15) is 12.7 Å². The first-order chi connectivity index (χ1) is 16.0. The van der Waals surface area contributed by atoms with Crippen LogP contribution in [0.4, 0.5) is 5.69 Å². The summed E-state index contributed by atoms with van der Waals surface area (Å²) in [5, 5.41) is 10.5. The van der Waals surface area contributed by atoms with Crippen LogP contribution in [0.15, 0.2) is 47.5 Å². The molecule has 0 bridgehead atoms. The number of para-hydroxylation sites is 3. The molecule has 1 aliphatic rings. The highest BCUT2D eigenvalue weighted by Crippen LogP contribution is 2.26. The molecule has 1 unspecified atom stereocenters. The van der Waals surface area contributed by atoms with Crippen molar-refractivity contribution in [2.24, 2.45) is 4.99 Å². The molecule has 2 aromatic carbocycles. The number of β-amino-alcohol motifs (C(OH)–C–C–N with tert-alkyl or cyclic N) is 1. The Morgan fingerprint density at radius 3 is 2.24 bits per heavy atom. The number of hydrogen-bond donors (Lipinski definition) is 1. The number of rotatable bonds is 10. The van der Waals surface area contributed by atoms with Crippen LogP contribution in [0.25, 0.3) is 0 Å². The SMILES string of the molecule is CCOC(CN1CCN(CC(O)COc2ccccc2OC)CC1)=Nc1c(C)cccc1C. The molecule has 0 spiro atoms. The molecule has 3 rings (SSSR count). The number of hydrogen-bond acceptors (Lipinski definition) is 7. The second-order valence-electron chi connectivity index (χ2n) is 8.37. The number of ether oxygens (including phenoxy) is 3. The third-order valence-electron chi connectivity index (χ3n) is 5.78. The minimum Gasteiger partial charge on any atom is -0.493 e. The van der Waals surface area contributed by atoms with Gasteiger partial charge in [-0.3, -0.25) is 9.80 Å². The van der Waals surface area contributed by atoms with Gasteiger partial charge in [-0.05, 0) is 44.0 Å². The summed E-state index contributed by atoms with van der Waals surface area (Å²) in [6, 6.07) is 13.7. The number of aliphatic imine (C=N–C) groups is 1. The van der Waals surface area contributed by atoms with E-state index in [2.05, 4.69) is 41.8 Å². The Balaban J connectivity index is 1.48. The molecule has 1 atom stereocenters. The minimum absolute atomic E-state index is 0.234. The van der Waals surface area contributed by atoms with Crippen LogP contribution < -0.4 is 9.47 Å². The molecule has 0 aromatic heterocycles. The van der Waals surface area contributed by atoms with E-state index in [1.165, 1.54) is 0 Å². The maximum absolute atomic E-state index is 10.5. The van der Waals surface area contributed by atoms with E-state index >= 15 is 0 Å². The Morgan fingerprint density at radius 2 is 1.61 bits per heavy atom. The monoisotopic (exact) mass is 455 g/mol. The molecule has 1 heterocycles. The Labute approximate surface area is 197 Å². The topological polar surface area (TPSA) is 66.8 Å². The number of nitrogens with zero attached hydrogens (tertiary/aromatic N) is 3. The number of benzene rings is 2. The summed E-state index contributed by atoms with van der Waals surface area (Å²) in [7, 11) is 1.61. The van der Waals surface area contributed by atoms with Crippen molar-refractivity contribution in [1.29, 1.82) is 0 Å². The van der Waals surface area contributed by atoms with Gasteiger partial charge < -0.3 is 19.3 Å². The Hall–Kier alpha value is -2.61. The Morgan fingerprint density at radius 1 is 0.970 bits per heavy atom. The largest absolute Gasteiger partial charge is 0.493 e. The quantitative estimate of drug-likeness (QED) is 0.437. The van der Waals surface area contributed by atoms with E-state index < -0.39 is 6.10 Å². The van der Waals surface area contributed by atoms with Crippen LogP contribution in [0.1, 0.15) is 18.1 Å². The Bertz CT molecular complexity index is 890. The summed E-state index contributed by atoms with van der Waals surface area (Å²) in [5.41, 5.74) is 3.31. The molecular weight excluding hydrogens is 418 g/mol. The van der Waals surface area contributed by atoms with E-state index in [4.69, 9.17) is 19.2 Å². The lowest BCUT2D eigenvalue weighted by atomic mass is 10.1. The fraction of sp³-hybridized carbons (Fsp3) is 0.500. The molecule has 180 valence electrons. The van der Waals surface area contributed by atoms with Crippen molar-refractivity contribution in [2.45, 2.75) is 26.9 Å². The van der Waals surface area contributed by atoms with Gasteiger partial charge >= 0.3 is 0 Å². The van der Waals surface area contributed by atoms with Gasteiger partial charge in [-0.2, -0.15) is 0 Å². The lowest BCUT2D eigenvalue weighted by Crippen LogP contribution is -2.50. The van der Waals surface area contributed by atoms with Crippen LogP contribution in [0.3, 0.4) is 0 Å². The van der Waals surface area contributed by atoms with E-state index in [0.29, 0.717) is 31.2 Å². The summed E-state index contributed by atoms with van der Waals surface area (Å²) < 4.78 is 16.9. The second kappa shape index (κ2) is 12.6. The first-order valence-electron chi connectivity index (χ1n) is 11.6. The predicted molar refractivity (Wildman–Crippen MR) is 132 cm³/mol. The first-order valence-corrected chi connectivity index (χ1v) is 11.6. The lowest BCUT2D eigenvalue weighted by Gasteiger charge is -2.35. The molecule has 1 aliphatic heterocycles. The predicted octanol–water partition coefficient (Wildman–Crippen LogP) is 3.44. The van der Waals surface area contributed by atoms with Crippen molar-refractivity contribution < 1.29 is 19.3 Å². The summed E-state index contributed by atoms with van der Waals surface area (Å²) in [5.74, 6) is 2.08. The highest BCUT2D eigenvalue weighted by atomic mass is 16.5. The zero-order valence-corrected chi connectivity index (χ0v) is 20.3. The van der Waals surface area contributed by atoms with Gasteiger partial charge in [-0.25, -0.2) is 4.99 Å². The molecule has 2 aromatic rings. The fourth-order valence-corrected chi connectivity index (χ4v) is 3.98. The van der Waals surface area contributed by atoms with Crippen LogP contribution in [-0.2, 0) is 4.74 Å². The molecule has 33 heavy (non-hydrogen) atoms. The smallest absolute Gasteiger partial charge is 0.203 e. The van der Waals surface area contributed by atoms with E-state index in [9.17, 15) is 5.11 Å². The van der Waals surface area contributed by atoms with Gasteiger partial charge in [0, 0.05) is 32.7 Å². The maximum atomic E-state index is 10.5. The molecule has 7 nitrogen and oxygen atoms in total. The van der Waals surface area contributed by atoms with Crippen molar-refractivity contribution in [3.05, 3.63) is 53.6 Å². The van der Waals surface area contributed by atoms with Crippen molar-refractivity contribution in [3.63, 3.8) is 0 Å². The normalized spacial score (nSPS) is 16.5. The molecule has 7 heteroatoms. The van der Waals surface area contributed by atoms with Gasteiger partial charge in [0.05, 0.1) is 25.9 Å². The zero-order chi connectivity index (χ0) is 23.6. The van der Waals surface area contributed by atoms with E-state index in [1.807, 2.05) is 31.2 Å². The third-order valence-corrected chi connectivity index (χ3v) is 5.78. The van der Waals surface area contributed by atoms with Crippen molar-refractivity contribution in [2.75, 3.05) is 59.6 Å². The van der Waals surface area contributed by atoms with Gasteiger partial charge in [-0.1, -0.05) is 30.3 Å². The fourth-order valence-electron chi connectivity index (χ4n) is 3.98. The third kappa shape index (κ3) is 7.45. The van der Waals surface area contributed by atoms with E-state index in [1.54, 1.807) is 7.11 Å².